The number of para-hydroxylation sites is 1. The standard InChI is InChI=1S/C19H19ClN2O/c1-13(22(2)12-14-6-5-7-15(20)10-14)19(23)17-11-21-18-9-4-3-8-16(17)18/h3-11,13,21H,12H2,1-2H3/p+1/t13-/m0/s1. The summed E-state index contributed by atoms with van der Waals surface area (Å²) in [6.45, 7) is 2.74. The number of rotatable bonds is 5. The number of aromatic amines is 1. The lowest BCUT2D eigenvalue weighted by Crippen LogP contribution is -3.12. The molecule has 1 unspecified atom stereocenters. The topological polar surface area (TPSA) is 37.3 Å². The minimum Gasteiger partial charge on any atom is -0.360 e. The van der Waals surface area contributed by atoms with Crippen LogP contribution in [0.4, 0.5) is 0 Å². The van der Waals surface area contributed by atoms with Gasteiger partial charge < -0.3 is 9.88 Å². The van der Waals surface area contributed by atoms with Crippen LogP contribution in [0.5, 0.6) is 0 Å². The van der Waals surface area contributed by atoms with Gasteiger partial charge >= 0.3 is 0 Å². The molecule has 118 valence electrons. The van der Waals surface area contributed by atoms with Crippen LogP contribution in [0.1, 0.15) is 22.8 Å². The number of Topliss-reactive ketones (excluding diaryl/α,β-unsaturated/α-hetero) is 1. The van der Waals surface area contributed by atoms with Crippen LogP contribution in [0.2, 0.25) is 5.02 Å². The van der Waals surface area contributed by atoms with Gasteiger partial charge in [0.25, 0.3) is 0 Å². The van der Waals surface area contributed by atoms with Gasteiger partial charge in [0, 0.05) is 33.2 Å². The number of halogens is 1. The quantitative estimate of drug-likeness (QED) is 0.694. The molecule has 1 heterocycles. The van der Waals surface area contributed by atoms with E-state index in [0.717, 1.165) is 38.5 Å². The Morgan fingerprint density at radius 2 is 2.00 bits per heavy atom. The fraction of sp³-hybridized carbons (Fsp3) is 0.211. The molecule has 2 aromatic carbocycles. The number of quaternary nitrogens is 1. The van der Waals surface area contributed by atoms with Crippen LogP contribution in [-0.2, 0) is 6.54 Å². The van der Waals surface area contributed by atoms with Crippen molar-refractivity contribution in [3.05, 3.63) is 70.9 Å². The number of ketones is 1. The third kappa shape index (κ3) is 3.31. The molecule has 0 bridgehead atoms. The summed E-state index contributed by atoms with van der Waals surface area (Å²) in [5.41, 5.74) is 2.89. The average Bonchev–Trinajstić information content (AvgIpc) is 2.97. The van der Waals surface area contributed by atoms with Gasteiger partial charge in [-0.05, 0) is 25.1 Å². The number of hydrogen-bond donors (Lipinski definition) is 2. The van der Waals surface area contributed by atoms with Crippen molar-refractivity contribution < 1.29 is 9.69 Å². The maximum atomic E-state index is 12.9. The smallest absolute Gasteiger partial charge is 0.221 e. The van der Waals surface area contributed by atoms with Gasteiger partial charge in [0.1, 0.15) is 12.6 Å². The van der Waals surface area contributed by atoms with E-state index in [4.69, 9.17) is 11.6 Å². The van der Waals surface area contributed by atoms with E-state index in [9.17, 15) is 4.79 Å². The summed E-state index contributed by atoms with van der Waals surface area (Å²) < 4.78 is 0. The van der Waals surface area contributed by atoms with Crippen molar-refractivity contribution >= 4 is 28.3 Å². The van der Waals surface area contributed by atoms with Gasteiger partial charge in [-0.2, -0.15) is 0 Å². The van der Waals surface area contributed by atoms with Crippen LogP contribution in [0.3, 0.4) is 0 Å². The zero-order valence-electron chi connectivity index (χ0n) is 13.3. The Morgan fingerprint density at radius 3 is 2.78 bits per heavy atom. The molecule has 23 heavy (non-hydrogen) atoms. The molecule has 0 saturated heterocycles. The van der Waals surface area contributed by atoms with E-state index < -0.39 is 0 Å². The Bertz CT molecular complexity index is 840. The Hall–Kier alpha value is -2.10. The number of carbonyl (C=O) groups excluding carboxylic acids is 1. The zero-order chi connectivity index (χ0) is 16.4. The second-order valence-electron chi connectivity index (χ2n) is 5.99. The number of fused-ring (bicyclic) bond motifs is 1. The van der Waals surface area contributed by atoms with E-state index in [-0.39, 0.29) is 11.8 Å². The number of H-pyrrole nitrogens is 1. The molecular formula is C19H20ClN2O+. The molecule has 2 atom stereocenters. The fourth-order valence-corrected chi connectivity index (χ4v) is 3.07. The van der Waals surface area contributed by atoms with Gasteiger partial charge in [-0.25, -0.2) is 0 Å². The fourth-order valence-electron chi connectivity index (χ4n) is 2.85. The molecule has 0 aliphatic carbocycles. The molecule has 3 aromatic rings. The van der Waals surface area contributed by atoms with E-state index in [2.05, 4.69) is 4.98 Å². The molecule has 0 aliphatic rings. The first kappa shape index (κ1) is 15.8. The average molecular weight is 328 g/mol. The SMILES string of the molecule is C[C@@H](C(=O)c1c[nH]c2ccccc12)[NH+](C)Cc1cccc(Cl)c1. The normalized spacial score (nSPS) is 13.9. The summed E-state index contributed by atoms with van der Waals surface area (Å²) in [6.07, 6.45) is 1.82. The van der Waals surface area contributed by atoms with Crippen LogP contribution in [-0.4, -0.2) is 23.9 Å². The molecule has 0 radical (unpaired) electrons. The molecular weight excluding hydrogens is 308 g/mol. The zero-order valence-corrected chi connectivity index (χ0v) is 14.0. The molecule has 1 aromatic heterocycles. The highest BCUT2D eigenvalue weighted by Gasteiger charge is 2.25. The summed E-state index contributed by atoms with van der Waals surface area (Å²) in [6, 6.07) is 15.6. The van der Waals surface area contributed by atoms with E-state index in [1.165, 1.54) is 0 Å². The third-order valence-corrected chi connectivity index (χ3v) is 4.59. The minimum absolute atomic E-state index is 0.131. The maximum Gasteiger partial charge on any atom is 0.221 e. The van der Waals surface area contributed by atoms with Crippen molar-refractivity contribution in [3.8, 4) is 0 Å². The summed E-state index contributed by atoms with van der Waals surface area (Å²) in [4.78, 5) is 17.2. The Balaban J connectivity index is 1.79. The van der Waals surface area contributed by atoms with Gasteiger partial charge in [-0.3, -0.25) is 4.79 Å². The van der Waals surface area contributed by atoms with Crippen molar-refractivity contribution in [2.24, 2.45) is 0 Å². The second-order valence-corrected chi connectivity index (χ2v) is 6.42. The largest absolute Gasteiger partial charge is 0.360 e. The predicted octanol–water partition coefficient (Wildman–Crippen LogP) is 3.11. The Kier molecular flexibility index (Phi) is 4.51. The van der Waals surface area contributed by atoms with E-state index >= 15 is 0 Å². The molecule has 2 N–H and O–H groups in total. The van der Waals surface area contributed by atoms with Gasteiger partial charge in [0.15, 0.2) is 0 Å². The Labute approximate surface area is 140 Å². The molecule has 0 saturated carbocycles. The van der Waals surface area contributed by atoms with E-state index in [1.54, 1.807) is 0 Å². The first-order chi connectivity index (χ1) is 11.1. The number of hydrogen-bond acceptors (Lipinski definition) is 1. The minimum atomic E-state index is -0.131. The summed E-state index contributed by atoms with van der Waals surface area (Å²) in [7, 11) is 2.04. The molecule has 0 fully saturated rings. The van der Waals surface area contributed by atoms with Crippen LogP contribution in [0.25, 0.3) is 10.9 Å². The van der Waals surface area contributed by atoms with Crippen molar-refractivity contribution in [1.29, 1.82) is 0 Å². The summed E-state index contributed by atoms with van der Waals surface area (Å²) >= 11 is 6.04. The van der Waals surface area contributed by atoms with E-state index in [0.29, 0.717) is 0 Å². The van der Waals surface area contributed by atoms with E-state index in [1.807, 2.05) is 68.7 Å². The number of benzene rings is 2. The van der Waals surface area contributed by atoms with Crippen LogP contribution in [0, 0.1) is 0 Å². The molecule has 3 rings (SSSR count). The van der Waals surface area contributed by atoms with Gasteiger partial charge in [0.2, 0.25) is 5.78 Å². The van der Waals surface area contributed by atoms with Crippen LogP contribution >= 0.6 is 11.6 Å². The molecule has 3 nitrogen and oxygen atoms in total. The van der Waals surface area contributed by atoms with Crippen LogP contribution < -0.4 is 4.90 Å². The first-order valence-corrected chi connectivity index (χ1v) is 8.11. The third-order valence-electron chi connectivity index (χ3n) is 4.36. The van der Waals surface area contributed by atoms with Crippen molar-refractivity contribution in [3.63, 3.8) is 0 Å². The van der Waals surface area contributed by atoms with Crippen LogP contribution in [0.15, 0.2) is 54.7 Å². The van der Waals surface area contributed by atoms with Crippen molar-refractivity contribution in [2.45, 2.75) is 19.5 Å². The van der Waals surface area contributed by atoms with Gasteiger partial charge in [-0.15, -0.1) is 0 Å². The summed E-state index contributed by atoms with van der Waals surface area (Å²) in [5, 5.41) is 1.71. The summed E-state index contributed by atoms with van der Waals surface area (Å²) in [5.74, 6) is 0.155. The lowest BCUT2D eigenvalue weighted by Gasteiger charge is -2.20. The van der Waals surface area contributed by atoms with Crippen molar-refractivity contribution in [2.75, 3.05) is 7.05 Å². The highest BCUT2D eigenvalue weighted by atomic mass is 35.5. The number of likely N-dealkylation sites (N-methyl/N-ethyl adjacent to an activating group) is 1. The number of aromatic nitrogens is 1. The Morgan fingerprint density at radius 1 is 1.22 bits per heavy atom. The monoisotopic (exact) mass is 327 g/mol. The molecule has 0 spiro atoms. The number of nitrogens with one attached hydrogen (secondary N) is 2. The lowest BCUT2D eigenvalue weighted by molar-refractivity contribution is -0.907. The molecule has 0 aliphatic heterocycles. The van der Waals surface area contributed by atoms with Gasteiger partial charge in [0.05, 0.1) is 7.05 Å². The highest BCUT2D eigenvalue weighted by molar-refractivity contribution is 6.30. The maximum absolute atomic E-state index is 12.9. The first-order valence-electron chi connectivity index (χ1n) is 7.73. The van der Waals surface area contributed by atoms with Gasteiger partial charge in [-0.1, -0.05) is 41.9 Å². The predicted molar refractivity (Wildman–Crippen MR) is 94.1 cm³/mol. The molecule has 0 amide bonds. The highest BCUT2D eigenvalue weighted by Crippen LogP contribution is 2.18. The second kappa shape index (κ2) is 6.57. The van der Waals surface area contributed by atoms with Crippen molar-refractivity contribution in [1.82, 2.24) is 4.98 Å². The molecule has 4 heteroatoms. The number of carbonyl (C=O) groups is 1. The lowest BCUT2D eigenvalue weighted by atomic mass is 10.0.